The first-order chi connectivity index (χ1) is 15.6. The van der Waals surface area contributed by atoms with E-state index in [1.165, 1.54) is 10.8 Å². The van der Waals surface area contributed by atoms with Crippen LogP contribution in [0.25, 0.3) is 10.8 Å². The molecule has 0 aromatic heterocycles. The molecular weight excluding hydrogens is 416 g/mol. The molecule has 1 aliphatic heterocycles. The zero-order valence-electron chi connectivity index (χ0n) is 20.4. The van der Waals surface area contributed by atoms with Crippen LogP contribution in [0.15, 0.2) is 42.5 Å². The molecule has 0 spiro atoms. The van der Waals surface area contributed by atoms with E-state index in [2.05, 4.69) is 29.6 Å². The summed E-state index contributed by atoms with van der Waals surface area (Å²) in [5.74, 6) is -0.309. The second-order valence-corrected chi connectivity index (χ2v) is 10.5. The lowest BCUT2D eigenvalue weighted by molar-refractivity contribution is -0.161. The zero-order valence-corrected chi connectivity index (χ0v) is 20.4. The first-order valence-corrected chi connectivity index (χ1v) is 12.0. The number of benzene rings is 2. The van der Waals surface area contributed by atoms with E-state index in [-0.39, 0.29) is 29.9 Å². The Morgan fingerprint density at radius 3 is 2.58 bits per heavy atom. The Kier molecular flexibility index (Phi) is 6.52. The fraction of sp³-hybridized carbons (Fsp3) is 0.556. The number of esters is 1. The maximum absolute atomic E-state index is 13.2. The monoisotopic (exact) mass is 452 g/mol. The topological polar surface area (TPSA) is 67.9 Å². The predicted octanol–water partition coefficient (Wildman–Crippen LogP) is 4.06. The molecule has 4 atom stereocenters. The summed E-state index contributed by atoms with van der Waals surface area (Å²) in [6, 6.07) is 14.2. The molecule has 6 heteroatoms. The predicted molar refractivity (Wildman–Crippen MR) is 129 cm³/mol. The number of carbonyl (C=O) groups is 2. The summed E-state index contributed by atoms with van der Waals surface area (Å²) in [5, 5.41) is 5.46. The number of ether oxygens (including phenoxy) is 2. The summed E-state index contributed by atoms with van der Waals surface area (Å²) >= 11 is 0. The molecule has 1 N–H and O–H groups in total. The van der Waals surface area contributed by atoms with Crippen molar-refractivity contribution in [2.24, 2.45) is 5.92 Å². The summed E-state index contributed by atoms with van der Waals surface area (Å²) in [4.78, 5) is 28.1. The molecule has 1 heterocycles. The van der Waals surface area contributed by atoms with E-state index in [1.54, 1.807) is 0 Å². The van der Waals surface area contributed by atoms with Gasteiger partial charge < -0.3 is 14.8 Å². The number of likely N-dealkylation sites (N-methyl/N-ethyl adjacent to an activating group) is 1. The minimum atomic E-state index is -0.887. The van der Waals surface area contributed by atoms with Gasteiger partial charge in [0.1, 0.15) is 11.1 Å². The van der Waals surface area contributed by atoms with Crippen LogP contribution in [0, 0.1) is 5.92 Å². The number of carbonyl (C=O) groups excluding carboxylic acids is 2. The molecule has 1 saturated heterocycles. The van der Waals surface area contributed by atoms with Crippen LogP contribution in [0.3, 0.4) is 0 Å². The van der Waals surface area contributed by atoms with E-state index in [0.717, 1.165) is 12.0 Å². The van der Waals surface area contributed by atoms with E-state index in [9.17, 15) is 9.59 Å². The van der Waals surface area contributed by atoms with Gasteiger partial charge in [-0.1, -0.05) is 55.8 Å². The van der Waals surface area contributed by atoms with Crippen molar-refractivity contribution in [2.75, 3.05) is 13.6 Å². The van der Waals surface area contributed by atoms with Crippen LogP contribution in [-0.2, 0) is 25.7 Å². The van der Waals surface area contributed by atoms with Crippen LogP contribution in [-0.4, -0.2) is 53.7 Å². The van der Waals surface area contributed by atoms with Gasteiger partial charge in [0.2, 0.25) is 5.91 Å². The third kappa shape index (κ3) is 5.07. The van der Waals surface area contributed by atoms with Crippen LogP contribution in [0.5, 0.6) is 0 Å². The molecule has 4 unspecified atom stereocenters. The maximum Gasteiger partial charge on any atom is 0.332 e. The van der Waals surface area contributed by atoms with E-state index < -0.39 is 11.1 Å². The normalized spacial score (nSPS) is 27.5. The number of likely N-dealkylation sites (tertiary alicyclic amines) is 1. The highest BCUT2D eigenvalue weighted by molar-refractivity contribution is 5.93. The zero-order chi connectivity index (χ0) is 23.8. The molecular formula is C27H36N2O4. The standard InChI is InChI=1S/C27H36N2O4/c1-6-20-15-27(20,25(31)33-26(2,3)4)28-24(30)23-14-21(16-29(23)5)32-17-19-12-9-11-18-10-7-8-13-22(18)19/h7-13,20-21,23H,6,14-17H2,1-5H3,(H,28,30). The average molecular weight is 453 g/mol. The van der Waals surface area contributed by atoms with Crippen molar-refractivity contribution in [3.8, 4) is 0 Å². The third-order valence-corrected chi connectivity index (χ3v) is 6.87. The number of fused-ring (bicyclic) bond motifs is 1. The van der Waals surface area contributed by atoms with Crippen LogP contribution in [0.1, 0.15) is 52.5 Å². The molecule has 0 bridgehead atoms. The summed E-state index contributed by atoms with van der Waals surface area (Å²) in [7, 11) is 1.94. The number of nitrogens with one attached hydrogen (secondary N) is 1. The number of hydrogen-bond acceptors (Lipinski definition) is 5. The first kappa shape index (κ1) is 23.7. The van der Waals surface area contributed by atoms with Gasteiger partial charge in [0.05, 0.1) is 18.8 Å². The molecule has 1 amide bonds. The summed E-state index contributed by atoms with van der Waals surface area (Å²) < 4.78 is 11.9. The van der Waals surface area contributed by atoms with E-state index in [0.29, 0.717) is 26.0 Å². The summed E-state index contributed by atoms with van der Waals surface area (Å²) in [6.07, 6.45) is 2.04. The van der Waals surface area contributed by atoms with Crippen molar-refractivity contribution < 1.29 is 19.1 Å². The van der Waals surface area contributed by atoms with Crippen LogP contribution in [0.4, 0.5) is 0 Å². The maximum atomic E-state index is 13.2. The number of nitrogens with zero attached hydrogens (tertiary/aromatic N) is 1. The first-order valence-electron chi connectivity index (χ1n) is 12.0. The van der Waals surface area contributed by atoms with Crippen molar-refractivity contribution in [1.82, 2.24) is 10.2 Å². The highest BCUT2D eigenvalue weighted by Crippen LogP contribution is 2.47. The van der Waals surface area contributed by atoms with E-state index in [1.807, 2.05) is 57.8 Å². The SMILES string of the molecule is CCC1CC1(NC(=O)C1CC(OCc2cccc3ccccc23)CN1C)C(=O)OC(C)(C)C. The molecule has 0 radical (unpaired) electrons. The highest BCUT2D eigenvalue weighted by atomic mass is 16.6. The number of rotatable bonds is 7. The Hall–Kier alpha value is -2.44. The van der Waals surface area contributed by atoms with Gasteiger partial charge in [-0.3, -0.25) is 9.69 Å². The van der Waals surface area contributed by atoms with Crippen LogP contribution >= 0.6 is 0 Å². The molecule has 2 fully saturated rings. The smallest absolute Gasteiger partial charge is 0.332 e. The van der Waals surface area contributed by atoms with Gasteiger partial charge in [-0.25, -0.2) is 4.79 Å². The van der Waals surface area contributed by atoms with Crippen molar-refractivity contribution >= 4 is 22.6 Å². The molecule has 1 saturated carbocycles. The summed E-state index contributed by atoms with van der Waals surface area (Å²) in [5.41, 5.74) is -0.321. The fourth-order valence-corrected chi connectivity index (χ4v) is 4.95. The number of amides is 1. The van der Waals surface area contributed by atoms with Gasteiger partial charge in [-0.2, -0.15) is 0 Å². The Labute approximate surface area is 196 Å². The second kappa shape index (κ2) is 9.07. The number of hydrogen-bond donors (Lipinski definition) is 1. The molecule has 2 aromatic carbocycles. The fourth-order valence-electron chi connectivity index (χ4n) is 4.95. The van der Waals surface area contributed by atoms with Gasteiger partial charge in [-0.15, -0.1) is 0 Å². The lowest BCUT2D eigenvalue weighted by Gasteiger charge is -2.27. The van der Waals surface area contributed by atoms with E-state index in [4.69, 9.17) is 9.47 Å². The lowest BCUT2D eigenvalue weighted by atomic mass is 10.1. The molecule has 2 aliphatic rings. The average Bonchev–Trinajstić information content (AvgIpc) is 3.35. The van der Waals surface area contributed by atoms with Gasteiger partial charge in [0.25, 0.3) is 0 Å². The van der Waals surface area contributed by atoms with Gasteiger partial charge in [0.15, 0.2) is 0 Å². The Balaban J connectivity index is 1.38. The third-order valence-electron chi connectivity index (χ3n) is 6.87. The molecule has 178 valence electrons. The van der Waals surface area contributed by atoms with Crippen LogP contribution < -0.4 is 5.32 Å². The largest absolute Gasteiger partial charge is 0.458 e. The quantitative estimate of drug-likeness (QED) is 0.642. The lowest BCUT2D eigenvalue weighted by Crippen LogP contribution is -2.52. The second-order valence-electron chi connectivity index (χ2n) is 10.5. The Bertz CT molecular complexity index is 1020. The Morgan fingerprint density at radius 2 is 1.88 bits per heavy atom. The van der Waals surface area contributed by atoms with Gasteiger partial charge >= 0.3 is 5.97 Å². The molecule has 2 aromatic rings. The van der Waals surface area contributed by atoms with Crippen molar-refractivity contribution in [2.45, 2.75) is 76.9 Å². The minimum Gasteiger partial charge on any atom is -0.458 e. The van der Waals surface area contributed by atoms with Crippen LogP contribution in [0.2, 0.25) is 0 Å². The highest BCUT2D eigenvalue weighted by Gasteiger charge is 2.62. The summed E-state index contributed by atoms with van der Waals surface area (Å²) in [6.45, 7) is 8.79. The molecule has 4 rings (SSSR count). The Morgan fingerprint density at radius 1 is 1.15 bits per heavy atom. The van der Waals surface area contributed by atoms with Crippen molar-refractivity contribution in [3.05, 3.63) is 48.0 Å². The van der Waals surface area contributed by atoms with Gasteiger partial charge in [0, 0.05) is 6.54 Å². The van der Waals surface area contributed by atoms with E-state index >= 15 is 0 Å². The van der Waals surface area contributed by atoms with Crippen molar-refractivity contribution in [1.29, 1.82) is 0 Å². The molecule has 1 aliphatic carbocycles. The molecule has 6 nitrogen and oxygen atoms in total. The minimum absolute atomic E-state index is 0.0385. The molecule has 33 heavy (non-hydrogen) atoms. The van der Waals surface area contributed by atoms with Gasteiger partial charge in [-0.05, 0) is 62.9 Å². The van der Waals surface area contributed by atoms with Crippen molar-refractivity contribution in [3.63, 3.8) is 0 Å².